The van der Waals surface area contributed by atoms with Gasteiger partial charge in [0.1, 0.15) is 0 Å². The second kappa shape index (κ2) is 16.9. The fourth-order valence-corrected chi connectivity index (χ4v) is 8.47. The molecule has 0 aliphatic carbocycles. The molecule has 0 bridgehead atoms. The van der Waals surface area contributed by atoms with E-state index < -0.39 is 73.4 Å². The van der Waals surface area contributed by atoms with Crippen LogP contribution in [0.5, 0.6) is 0 Å². The molecule has 0 spiro atoms. The molecule has 1 aliphatic heterocycles. The molecule has 1 aliphatic rings. The van der Waals surface area contributed by atoms with Gasteiger partial charge in [-0.2, -0.15) is 0 Å². The third kappa shape index (κ3) is 8.84. The molecule has 1 fully saturated rings. The first-order valence-corrected chi connectivity index (χ1v) is 18.3. The van der Waals surface area contributed by atoms with Crippen molar-refractivity contribution >= 4 is 48.4 Å². The van der Waals surface area contributed by atoms with Crippen LogP contribution in [0.3, 0.4) is 0 Å². The fourth-order valence-electron chi connectivity index (χ4n) is 5.26. The number of carbonyl (C=O) groups is 4. The van der Waals surface area contributed by atoms with E-state index in [1.54, 1.807) is 121 Å². The van der Waals surface area contributed by atoms with E-state index in [0.717, 1.165) is 3.61 Å². The number of esters is 4. The summed E-state index contributed by atoms with van der Waals surface area (Å²) in [6, 6.07) is 43.0. The minimum absolute atomic E-state index is 0.235. The Morgan fingerprint density at radius 2 is 0.820 bits per heavy atom. The second-order valence-corrected chi connectivity index (χ2v) is 14.5. The number of benzene rings is 5. The molecule has 252 valence electrons. The zero-order chi connectivity index (χ0) is 34.7. The van der Waals surface area contributed by atoms with E-state index in [4.69, 9.17) is 23.7 Å². The van der Waals surface area contributed by atoms with Crippen molar-refractivity contribution in [3.05, 3.63) is 174 Å². The van der Waals surface area contributed by atoms with Gasteiger partial charge < -0.3 is 0 Å². The van der Waals surface area contributed by atoms with Crippen molar-refractivity contribution < 1.29 is 42.9 Å². The second-order valence-electron chi connectivity index (χ2n) is 11.1. The number of carbonyl (C=O) groups excluding carboxylic acids is 4. The van der Waals surface area contributed by atoms with Crippen molar-refractivity contribution in [2.24, 2.45) is 0 Å². The maximum atomic E-state index is 13.7. The molecule has 5 atom stereocenters. The number of hydrogen-bond donors (Lipinski definition) is 0. The molecule has 0 saturated carbocycles. The molecule has 1 heterocycles. The van der Waals surface area contributed by atoms with E-state index in [1.165, 1.54) is 0 Å². The van der Waals surface area contributed by atoms with E-state index in [1.807, 2.05) is 30.3 Å². The van der Waals surface area contributed by atoms with Crippen molar-refractivity contribution in [1.82, 2.24) is 0 Å². The Bertz CT molecular complexity index is 1870. The Kier molecular flexibility index (Phi) is 11.7. The van der Waals surface area contributed by atoms with Gasteiger partial charge in [0, 0.05) is 0 Å². The average molecular weight is 784 g/mol. The van der Waals surface area contributed by atoms with Gasteiger partial charge in [0.05, 0.1) is 0 Å². The SMILES string of the molecule is O=C(OC[C@H]1O[C@@H]([Te]c2ccccc2)[C@H](OC(=O)c2ccccc2)[C@@H](OC(=O)c2ccccc2)[C@@H]1OC(=O)c1ccccc1)c1ccccc1. The quantitative estimate of drug-likeness (QED) is 0.100. The summed E-state index contributed by atoms with van der Waals surface area (Å²) in [6.07, 6.45) is -5.01. The summed E-state index contributed by atoms with van der Waals surface area (Å²) in [5.41, 5.74) is 1.07. The van der Waals surface area contributed by atoms with Gasteiger partial charge in [-0.25, -0.2) is 0 Å². The molecule has 9 nitrogen and oxygen atoms in total. The number of ether oxygens (including phenoxy) is 5. The molecule has 0 unspecified atom stereocenters. The van der Waals surface area contributed by atoms with Crippen LogP contribution in [0.25, 0.3) is 0 Å². The van der Waals surface area contributed by atoms with Crippen molar-refractivity contribution in [1.29, 1.82) is 0 Å². The van der Waals surface area contributed by atoms with Gasteiger partial charge in [0.2, 0.25) is 0 Å². The summed E-state index contributed by atoms with van der Waals surface area (Å²) >= 11 is -1.34. The molecule has 5 aromatic rings. The van der Waals surface area contributed by atoms with E-state index in [0.29, 0.717) is 5.56 Å². The molecule has 1 saturated heterocycles. The molecule has 10 heteroatoms. The Balaban J connectivity index is 1.41. The molecule has 50 heavy (non-hydrogen) atoms. The summed E-state index contributed by atoms with van der Waals surface area (Å²) in [4.78, 5) is 54.1. The van der Waals surface area contributed by atoms with Crippen molar-refractivity contribution in [2.45, 2.75) is 28.6 Å². The maximum absolute atomic E-state index is 13.7. The van der Waals surface area contributed by atoms with Gasteiger partial charge in [0.25, 0.3) is 0 Å². The predicted octanol–water partition coefficient (Wildman–Crippen LogP) is 5.27. The van der Waals surface area contributed by atoms with Gasteiger partial charge in [-0.1, -0.05) is 0 Å². The van der Waals surface area contributed by atoms with E-state index in [2.05, 4.69) is 0 Å². The Labute approximate surface area is 299 Å². The zero-order valence-corrected chi connectivity index (χ0v) is 28.9. The predicted molar refractivity (Wildman–Crippen MR) is 184 cm³/mol. The third-order valence-corrected chi connectivity index (χ3v) is 11.0. The van der Waals surface area contributed by atoms with Crippen LogP contribution in [0.4, 0.5) is 0 Å². The van der Waals surface area contributed by atoms with Crippen LogP contribution in [0, 0.1) is 0 Å². The summed E-state index contributed by atoms with van der Waals surface area (Å²) < 4.78 is 30.9. The first kappa shape index (κ1) is 34.6. The van der Waals surface area contributed by atoms with Crippen LogP contribution in [0.2, 0.25) is 0 Å². The Hall–Kier alpha value is -5.27. The van der Waals surface area contributed by atoms with Crippen LogP contribution in [-0.2, 0) is 23.7 Å². The molecule has 0 radical (unpaired) electrons. The Morgan fingerprint density at radius 1 is 0.460 bits per heavy atom. The first-order chi connectivity index (χ1) is 24.5. The molecule has 5 aromatic carbocycles. The third-order valence-electron chi connectivity index (χ3n) is 7.73. The van der Waals surface area contributed by atoms with E-state index in [9.17, 15) is 19.2 Å². The van der Waals surface area contributed by atoms with Crippen LogP contribution in [0.15, 0.2) is 152 Å². The summed E-state index contributed by atoms with van der Waals surface area (Å²) in [5, 5.41) is 0. The normalized spacial score (nSPS) is 19.8. The topological polar surface area (TPSA) is 114 Å². The minimum atomic E-state index is -1.35. The number of rotatable bonds is 11. The molecule has 0 N–H and O–H groups in total. The van der Waals surface area contributed by atoms with Gasteiger partial charge in [-0.3, -0.25) is 0 Å². The molecular formula is C40H32O9Te. The van der Waals surface area contributed by atoms with Crippen molar-refractivity contribution in [3.8, 4) is 0 Å². The summed E-state index contributed by atoms with van der Waals surface area (Å²) in [6.45, 7) is -0.350. The zero-order valence-electron chi connectivity index (χ0n) is 26.6. The van der Waals surface area contributed by atoms with Crippen LogP contribution < -0.4 is 3.61 Å². The average Bonchev–Trinajstić information content (AvgIpc) is 3.17. The first-order valence-electron chi connectivity index (χ1n) is 15.8. The fraction of sp³-hybridized carbons (Fsp3) is 0.150. The van der Waals surface area contributed by atoms with E-state index >= 15 is 0 Å². The van der Waals surface area contributed by atoms with Crippen LogP contribution in [0.1, 0.15) is 41.4 Å². The van der Waals surface area contributed by atoms with Crippen LogP contribution in [-0.4, -0.2) is 80.0 Å². The Morgan fingerprint density at radius 3 is 1.26 bits per heavy atom. The number of hydrogen-bond acceptors (Lipinski definition) is 9. The van der Waals surface area contributed by atoms with Crippen molar-refractivity contribution in [3.63, 3.8) is 0 Å². The van der Waals surface area contributed by atoms with E-state index in [-0.39, 0.29) is 23.3 Å². The van der Waals surface area contributed by atoms with Gasteiger partial charge in [0.15, 0.2) is 0 Å². The summed E-state index contributed by atoms with van der Waals surface area (Å²) in [5.74, 6) is -2.75. The van der Waals surface area contributed by atoms with Gasteiger partial charge >= 0.3 is 300 Å². The molecule has 0 amide bonds. The monoisotopic (exact) mass is 786 g/mol. The molecular weight excluding hydrogens is 752 g/mol. The van der Waals surface area contributed by atoms with Gasteiger partial charge in [-0.15, -0.1) is 0 Å². The molecule has 0 aromatic heterocycles. The molecule has 6 rings (SSSR count). The van der Waals surface area contributed by atoms with Gasteiger partial charge in [-0.05, 0) is 0 Å². The standard InChI is InChI=1S/C40H32O9Te/c41-36(27-16-6-1-7-17-27)45-26-32-33(47-37(42)28-18-8-2-9-19-28)34(48-38(43)29-20-10-3-11-21-29)35(49-39(44)30-22-12-4-13-23-30)40(46-32)50-31-24-14-5-15-25-31/h1-25,32-35,40H,26H2/t32-,33-,34+,35-,40+/m1/s1. The van der Waals surface area contributed by atoms with Crippen LogP contribution >= 0.6 is 0 Å². The summed E-state index contributed by atoms with van der Waals surface area (Å²) in [7, 11) is 0. The van der Waals surface area contributed by atoms with Crippen molar-refractivity contribution in [2.75, 3.05) is 6.61 Å².